The lowest BCUT2D eigenvalue weighted by Crippen LogP contribution is -2.63. The number of carbonyl (C=O) groups excluding carboxylic acids is 1. The Morgan fingerprint density at radius 2 is 1.88 bits per heavy atom. The average molecular weight is 464 g/mol. The van der Waals surface area contributed by atoms with Crippen LogP contribution in [-0.4, -0.2) is 31.5 Å². The molecular formula is C24H33NO6S. The van der Waals surface area contributed by atoms with E-state index in [1.807, 2.05) is 6.08 Å². The van der Waals surface area contributed by atoms with Crippen molar-refractivity contribution in [2.75, 3.05) is 0 Å². The Kier molecular flexibility index (Phi) is 7.45. The molecule has 0 aliphatic heterocycles. The number of carbonyl (C=O) groups is 2. The predicted octanol–water partition coefficient (Wildman–Crippen LogP) is 4.14. The van der Waals surface area contributed by atoms with Crippen molar-refractivity contribution in [2.24, 2.45) is 23.2 Å². The molecule has 4 atom stereocenters. The number of carboxylic acid groups (broad SMARTS) is 1. The summed E-state index contributed by atoms with van der Waals surface area (Å²) in [6.07, 6.45) is 8.33. The van der Waals surface area contributed by atoms with Crippen molar-refractivity contribution < 1.29 is 27.9 Å². The van der Waals surface area contributed by atoms with Crippen molar-refractivity contribution in [1.29, 1.82) is 0 Å². The number of sulfonamides is 1. The van der Waals surface area contributed by atoms with Crippen molar-refractivity contribution in [3.8, 4) is 5.75 Å². The van der Waals surface area contributed by atoms with Gasteiger partial charge < -0.3 is 9.84 Å². The van der Waals surface area contributed by atoms with Gasteiger partial charge in [0, 0.05) is 19.4 Å². The lowest BCUT2D eigenvalue weighted by Gasteiger charge is -2.62. The Labute approximate surface area is 190 Å². The molecule has 3 aliphatic rings. The van der Waals surface area contributed by atoms with Gasteiger partial charge in [-0.1, -0.05) is 26.0 Å². The molecule has 4 rings (SSSR count). The van der Waals surface area contributed by atoms with Gasteiger partial charge in [0.05, 0.1) is 4.90 Å². The van der Waals surface area contributed by atoms with E-state index in [4.69, 9.17) is 9.84 Å². The van der Waals surface area contributed by atoms with Crippen LogP contribution in [0.1, 0.15) is 59.3 Å². The highest BCUT2D eigenvalue weighted by atomic mass is 32.2. The Morgan fingerprint density at radius 1 is 1.19 bits per heavy atom. The smallest absolute Gasteiger partial charge is 0.308 e. The lowest BCUT2D eigenvalue weighted by atomic mass is 9.45. The van der Waals surface area contributed by atoms with Crippen LogP contribution in [0.15, 0.2) is 41.3 Å². The van der Waals surface area contributed by atoms with Crippen molar-refractivity contribution in [3.63, 3.8) is 0 Å². The highest BCUT2D eigenvalue weighted by Gasteiger charge is 2.58. The summed E-state index contributed by atoms with van der Waals surface area (Å²) in [6.45, 7) is 5.74. The summed E-state index contributed by atoms with van der Waals surface area (Å²) in [5, 5.41) is 8.74. The van der Waals surface area contributed by atoms with Crippen LogP contribution in [-0.2, 0) is 19.6 Å². The molecule has 0 heterocycles. The van der Waals surface area contributed by atoms with Crippen molar-refractivity contribution in [1.82, 2.24) is 4.72 Å². The first-order valence-corrected chi connectivity index (χ1v) is 12.7. The van der Waals surface area contributed by atoms with Gasteiger partial charge in [-0.2, -0.15) is 0 Å². The second-order valence-electron chi connectivity index (χ2n) is 9.56. The Hall–Kier alpha value is -2.19. The molecule has 0 aromatic heterocycles. The van der Waals surface area contributed by atoms with Crippen molar-refractivity contribution >= 4 is 22.0 Å². The van der Waals surface area contributed by atoms with E-state index >= 15 is 0 Å². The average Bonchev–Trinajstić information content (AvgIpc) is 2.70. The summed E-state index contributed by atoms with van der Waals surface area (Å²) >= 11 is 0. The topological polar surface area (TPSA) is 110 Å². The summed E-state index contributed by atoms with van der Waals surface area (Å²) in [4.78, 5) is 21.9. The number of ether oxygens (including phenoxy) is 1. The van der Waals surface area contributed by atoms with Gasteiger partial charge in [0.2, 0.25) is 10.0 Å². The second-order valence-corrected chi connectivity index (χ2v) is 11.3. The predicted molar refractivity (Wildman–Crippen MR) is 121 cm³/mol. The lowest BCUT2D eigenvalue weighted by molar-refractivity contribution is -0.137. The number of rotatable bonds is 10. The van der Waals surface area contributed by atoms with Gasteiger partial charge >= 0.3 is 11.9 Å². The number of nitrogens with one attached hydrogen (secondary N) is 1. The van der Waals surface area contributed by atoms with Gasteiger partial charge in [0.15, 0.2) is 0 Å². The molecule has 3 saturated carbocycles. The molecule has 3 fully saturated rings. The molecule has 0 saturated heterocycles. The van der Waals surface area contributed by atoms with Crippen LogP contribution >= 0.6 is 0 Å². The number of hydrogen-bond acceptors (Lipinski definition) is 5. The number of esters is 1. The highest BCUT2D eigenvalue weighted by Crippen LogP contribution is 2.61. The quantitative estimate of drug-likeness (QED) is 0.234. The van der Waals surface area contributed by atoms with Gasteiger partial charge in [-0.25, -0.2) is 13.1 Å². The van der Waals surface area contributed by atoms with Gasteiger partial charge in [-0.15, -0.1) is 0 Å². The van der Waals surface area contributed by atoms with E-state index in [-0.39, 0.29) is 34.6 Å². The van der Waals surface area contributed by atoms with Gasteiger partial charge in [0.25, 0.3) is 0 Å². The first kappa shape index (κ1) is 24.5. The molecule has 0 radical (unpaired) electrons. The minimum absolute atomic E-state index is 0.105. The number of benzene rings is 1. The van der Waals surface area contributed by atoms with Gasteiger partial charge in [-0.05, 0) is 79.5 Å². The molecule has 2 N–H and O–H groups in total. The number of allylic oxidation sites excluding steroid dienone is 2. The number of hydrogen-bond donors (Lipinski definition) is 2. The maximum Gasteiger partial charge on any atom is 0.308 e. The summed E-state index contributed by atoms with van der Waals surface area (Å²) in [7, 11) is -3.73. The molecule has 3 aliphatic carbocycles. The van der Waals surface area contributed by atoms with E-state index in [0.717, 1.165) is 19.3 Å². The van der Waals surface area contributed by atoms with Crippen LogP contribution in [0.3, 0.4) is 0 Å². The molecule has 4 unspecified atom stereocenters. The maximum absolute atomic E-state index is 13.1. The van der Waals surface area contributed by atoms with Crippen LogP contribution in [0.25, 0.3) is 0 Å². The molecule has 1 aromatic carbocycles. The van der Waals surface area contributed by atoms with Crippen LogP contribution in [0.4, 0.5) is 0 Å². The number of carboxylic acids is 1. The van der Waals surface area contributed by atoms with Crippen LogP contribution in [0.2, 0.25) is 0 Å². The van der Waals surface area contributed by atoms with Crippen LogP contribution in [0.5, 0.6) is 5.75 Å². The molecule has 32 heavy (non-hydrogen) atoms. The second kappa shape index (κ2) is 9.75. The summed E-state index contributed by atoms with van der Waals surface area (Å²) in [5.41, 5.74) is 0.105. The number of unbranched alkanes of at least 4 members (excludes halogenated alkanes) is 1. The van der Waals surface area contributed by atoms with E-state index in [9.17, 15) is 18.0 Å². The largest absolute Gasteiger partial charge is 0.481 e. The monoisotopic (exact) mass is 463 g/mol. The van der Waals surface area contributed by atoms with Crippen molar-refractivity contribution in [3.05, 3.63) is 36.4 Å². The minimum Gasteiger partial charge on any atom is -0.481 e. The first-order chi connectivity index (χ1) is 15.0. The fourth-order valence-electron chi connectivity index (χ4n) is 5.19. The Balaban J connectivity index is 1.69. The van der Waals surface area contributed by atoms with E-state index in [0.29, 0.717) is 24.5 Å². The standard InChI is InChI=1S/C24H33NO6S/c1-16(26)31-19-10-12-20(13-11-19)32(29,30)25-23-17(8-6-4-5-7-9-22(27)28)14-18-15-21(23)24(18,2)3/h4,6,10-13,17-18,21,23,25H,5,7-9,14-15H2,1-3H3,(H,27,28)/b6-4+. The van der Waals surface area contributed by atoms with E-state index in [1.54, 1.807) is 0 Å². The molecule has 176 valence electrons. The zero-order valence-electron chi connectivity index (χ0n) is 18.9. The van der Waals surface area contributed by atoms with E-state index in [2.05, 4.69) is 24.6 Å². The summed E-state index contributed by atoms with van der Waals surface area (Å²) < 4.78 is 34.3. The third-order valence-corrected chi connectivity index (χ3v) is 8.60. The first-order valence-electron chi connectivity index (χ1n) is 11.2. The molecule has 8 heteroatoms. The van der Waals surface area contributed by atoms with Crippen LogP contribution in [0, 0.1) is 23.2 Å². The maximum atomic E-state index is 13.1. The molecule has 2 bridgehead atoms. The molecule has 0 amide bonds. The normalized spacial score (nSPS) is 26.5. The zero-order valence-corrected chi connectivity index (χ0v) is 19.7. The van der Waals surface area contributed by atoms with E-state index in [1.165, 1.54) is 31.2 Å². The Morgan fingerprint density at radius 3 is 2.47 bits per heavy atom. The molecule has 1 aromatic rings. The third kappa shape index (κ3) is 5.59. The van der Waals surface area contributed by atoms with Gasteiger partial charge in [0.1, 0.15) is 5.75 Å². The number of aliphatic carboxylic acids is 1. The fourth-order valence-corrected chi connectivity index (χ4v) is 6.53. The Bertz CT molecular complexity index is 967. The van der Waals surface area contributed by atoms with E-state index < -0.39 is 22.0 Å². The van der Waals surface area contributed by atoms with Crippen molar-refractivity contribution in [2.45, 2.75) is 70.2 Å². The number of fused-ring (bicyclic) bond motifs is 2. The third-order valence-electron chi connectivity index (χ3n) is 7.13. The minimum atomic E-state index is -3.73. The molecule has 0 spiro atoms. The fraction of sp³-hybridized carbons (Fsp3) is 0.583. The zero-order chi connectivity index (χ0) is 23.5. The molecule has 7 nitrogen and oxygen atoms in total. The summed E-state index contributed by atoms with van der Waals surface area (Å²) in [5.74, 6) is 0.147. The highest BCUT2D eigenvalue weighted by molar-refractivity contribution is 7.89. The SMILES string of the molecule is CC(=O)Oc1ccc(S(=O)(=O)NC2C(C/C=C/CCCC(=O)O)CC3CC2C3(C)C)cc1. The molecular weight excluding hydrogens is 430 g/mol. The van der Waals surface area contributed by atoms with Gasteiger partial charge in [-0.3, -0.25) is 9.59 Å². The summed E-state index contributed by atoms with van der Waals surface area (Å²) in [6, 6.07) is 5.72. The van der Waals surface area contributed by atoms with Crippen LogP contribution < -0.4 is 9.46 Å².